The molecule has 1 unspecified atom stereocenters. The molecule has 212 valence electrons. The van der Waals surface area contributed by atoms with Crippen LogP contribution in [-0.4, -0.2) is 21.7 Å². The highest BCUT2D eigenvalue weighted by atomic mass is 32.1. The Morgan fingerprint density at radius 2 is 1.74 bits per heavy atom. The van der Waals surface area contributed by atoms with Crippen LogP contribution in [0, 0.1) is 0 Å². The standard InChI is InChI=1S/C35H33N3O3S/c1-5-41-34(40)31-23(4)36-35-38(32(31)26-17-15-25(16-18-26)22(2)3)33(39)30(42-35)19-27-21-37(20-24-11-7-6-8-12-24)29-14-10-9-13-28(27)29/h6-19,21-22,32H,5,20H2,1-4H3/b30-19-. The second-order valence-corrected chi connectivity index (χ2v) is 11.8. The quantitative estimate of drug-likeness (QED) is 0.226. The molecule has 1 aliphatic heterocycles. The Morgan fingerprint density at radius 1 is 1.02 bits per heavy atom. The van der Waals surface area contributed by atoms with Crippen LogP contribution in [0.2, 0.25) is 0 Å². The maximum Gasteiger partial charge on any atom is 0.338 e. The number of nitrogens with zero attached hydrogens (tertiary/aromatic N) is 3. The Hall–Kier alpha value is -4.49. The molecule has 5 aromatic rings. The summed E-state index contributed by atoms with van der Waals surface area (Å²) >= 11 is 1.35. The summed E-state index contributed by atoms with van der Waals surface area (Å²) in [5.74, 6) is -0.0817. The van der Waals surface area contributed by atoms with Crippen molar-refractivity contribution in [2.45, 2.75) is 46.2 Å². The number of hydrogen-bond acceptors (Lipinski definition) is 5. The van der Waals surface area contributed by atoms with Crippen LogP contribution in [0.15, 0.2) is 106 Å². The summed E-state index contributed by atoms with van der Waals surface area (Å²) in [4.78, 5) is 32.7. The van der Waals surface area contributed by atoms with Gasteiger partial charge >= 0.3 is 5.97 Å². The molecule has 0 aliphatic carbocycles. The van der Waals surface area contributed by atoms with Gasteiger partial charge in [0.05, 0.1) is 28.5 Å². The number of fused-ring (bicyclic) bond motifs is 2. The Morgan fingerprint density at radius 3 is 2.45 bits per heavy atom. The molecule has 0 N–H and O–H groups in total. The van der Waals surface area contributed by atoms with Gasteiger partial charge in [0, 0.05) is 29.2 Å². The van der Waals surface area contributed by atoms with Crippen molar-refractivity contribution in [3.63, 3.8) is 0 Å². The molecule has 0 spiro atoms. The van der Waals surface area contributed by atoms with Crippen molar-refractivity contribution in [3.05, 3.63) is 138 Å². The van der Waals surface area contributed by atoms with E-state index in [1.807, 2.05) is 55.5 Å². The lowest BCUT2D eigenvalue weighted by molar-refractivity contribution is -0.139. The van der Waals surface area contributed by atoms with Gasteiger partial charge < -0.3 is 9.30 Å². The lowest BCUT2D eigenvalue weighted by Gasteiger charge is -2.25. The van der Waals surface area contributed by atoms with Crippen LogP contribution >= 0.6 is 11.3 Å². The van der Waals surface area contributed by atoms with Crippen LogP contribution in [0.1, 0.15) is 61.9 Å². The number of benzene rings is 3. The largest absolute Gasteiger partial charge is 0.463 e. The van der Waals surface area contributed by atoms with E-state index in [-0.39, 0.29) is 12.2 Å². The number of carbonyl (C=O) groups is 1. The van der Waals surface area contributed by atoms with Gasteiger partial charge in [0.15, 0.2) is 4.80 Å². The summed E-state index contributed by atoms with van der Waals surface area (Å²) in [6.45, 7) is 8.85. The summed E-state index contributed by atoms with van der Waals surface area (Å²) in [5.41, 5.74) is 6.10. The summed E-state index contributed by atoms with van der Waals surface area (Å²) in [7, 11) is 0. The average molecular weight is 576 g/mol. The van der Waals surface area contributed by atoms with Gasteiger partial charge in [0.25, 0.3) is 5.56 Å². The number of carbonyl (C=O) groups excluding carboxylic acids is 1. The summed E-state index contributed by atoms with van der Waals surface area (Å²) < 4.78 is 9.88. The maximum absolute atomic E-state index is 14.1. The molecule has 0 bridgehead atoms. The number of hydrogen-bond donors (Lipinski definition) is 0. The van der Waals surface area contributed by atoms with Crippen molar-refractivity contribution in [1.29, 1.82) is 0 Å². The third-order valence-electron chi connectivity index (χ3n) is 7.74. The molecule has 6 nitrogen and oxygen atoms in total. The minimum absolute atomic E-state index is 0.175. The summed E-state index contributed by atoms with van der Waals surface area (Å²) in [5, 5.41) is 1.07. The smallest absolute Gasteiger partial charge is 0.338 e. The molecule has 0 saturated carbocycles. The van der Waals surface area contributed by atoms with Gasteiger partial charge in [-0.3, -0.25) is 9.36 Å². The van der Waals surface area contributed by atoms with E-state index >= 15 is 0 Å². The van der Waals surface area contributed by atoms with Crippen molar-refractivity contribution in [1.82, 2.24) is 9.13 Å². The molecule has 1 atom stereocenters. The zero-order valence-corrected chi connectivity index (χ0v) is 25.0. The molecule has 0 saturated heterocycles. The Bertz CT molecular complexity index is 1990. The van der Waals surface area contributed by atoms with Gasteiger partial charge in [-0.2, -0.15) is 0 Å². The SMILES string of the molecule is CCOC(=O)C1=C(C)N=c2s/c(=C\c3cn(Cc4ccccc4)c4ccccc34)c(=O)n2C1c1ccc(C(C)C)cc1. The van der Waals surface area contributed by atoms with Gasteiger partial charge in [-0.25, -0.2) is 9.79 Å². The first-order valence-electron chi connectivity index (χ1n) is 14.3. The molecular weight excluding hydrogens is 542 g/mol. The van der Waals surface area contributed by atoms with Crippen LogP contribution in [0.3, 0.4) is 0 Å². The zero-order chi connectivity index (χ0) is 29.4. The molecule has 3 aromatic carbocycles. The number of ether oxygens (including phenoxy) is 1. The molecular formula is C35H33N3O3S. The van der Waals surface area contributed by atoms with Crippen LogP contribution in [0.4, 0.5) is 0 Å². The lowest BCUT2D eigenvalue weighted by Crippen LogP contribution is -2.39. The van der Waals surface area contributed by atoms with Crippen molar-refractivity contribution in [2.75, 3.05) is 6.61 Å². The fourth-order valence-corrected chi connectivity index (χ4v) is 6.65. The molecule has 0 radical (unpaired) electrons. The molecule has 0 amide bonds. The molecule has 0 fully saturated rings. The van der Waals surface area contributed by atoms with Crippen molar-refractivity contribution >= 4 is 34.3 Å². The number of esters is 1. The minimum Gasteiger partial charge on any atom is -0.463 e. The van der Waals surface area contributed by atoms with Crippen LogP contribution < -0.4 is 14.9 Å². The van der Waals surface area contributed by atoms with Crippen LogP contribution in [-0.2, 0) is 16.1 Å². The van der Waals surface area contributed by atoms with Crippen molar-refractivity contribution < 1.29 is 9.53 Å². The Labute approximate surface area is 248 Å². The number of para-hydroxylation sites is 1. The normalized spacial score (nSPS) is 15.3. The predicted molar refractivity (Wildman–Crippen MR) is 168 cm³/mol. The average Bonchev–Trinajstić information content (AvgIpc) is 3.49. The van der Waals surface area contributed by atoms with E-state index in [1.165, 1.54) is 22.5 Å². The van der Waals surface area contributed by atoms with Gasteiger partial charge in [-0.1, -0.05) is 98.0 Å². The highest BCUT2D eigenvalue weighted by Crippen LogP contribution is 2.31. The van der Waals surface area contributed by atoms with Gasteiger partial charge in [-0.15, -0.1) is 0 Å². The van der Waals surface area contributed by atoms with Gasteiger partial charge in [0.1, 0.15) is 0 Å². The van der Waals surface area contributed by atoms with E-state index in [4.69, 9.17) is 9.73 Å². The van der Waals surface area contributed by atoms with Crippen LogP contribution in [0.5, 0.6) is 0 Å². The predicted octanol–water partition coefficient (Wildman–Crippen LogP) is 5.92. The first-order chi connectivity index (χ1) is 20.4. The van der Waals surface area contributed by atoms with Crippen molar-refractivity contribution in [3.8, 4) is 0 Å². The minimum atomic E-state index is -0.622. The topological polar surface area (TPSA) is 65.6 Å². The van der Waals surface area contributed by atoms with E-state index in [9.17, 15) is 9.59 Å². The number of allylic oxidation sites excluding steroid dienone is 1. The zero-order valence-electron chi connectivity index (χ0n) is 24.2. The first-order valence-corrected chi connectivity index (χ1v) is 15.1. The van der Waals surface area contributed by atoms with E-state index in [2.05, 4.69) is 61.0 Å². The Kier molecular flexibility index (Phi) is 7.52. The molecule has 1 aliphatic rings. The first kappa shape index (κ1) is 27.7. The second kappa shape index (κ2) is 11.4. The van der Waals surface area contributed by atoms with E-state index < -0.39 is 12.0 Å². The van der Waals surface area contributed by atoms with E-state index in [1.54, 1.807) is 11.5 Å². The van der Waals surface area contributed by atoms with Gasteiger partial charge in [0.2, 0.25) is 0 Å². The Balaban J connectivity index is 1.51. The molecule has 42 heavy (non-hydrogen) atoms. The molecule has 2 aromatic heterocycles. The third kappa shape index (κ3) is 5.05. The highest BCUT2D eigenvalue weighted by molar-refractivity contribution is 7.07. The summed E-state index contributed by atoms with van der Waals surface area (Å²) in [6, 6.07) is 26.1. The van der Waals surface area contributed by atoms with Crippen molar-refractivity contribution in [2.24, 2.45) is 4.99 Å². The fraction of sp³-hybridized carbons (Fsp3) is 0.229. The number of aromatic nitrogens is 2. The number of rotatable bonds is 7. The third-order valence-corrected chi connectivity index (χ3v) is 8.72. The van der Waals surface area contributed by atoms with E-state index in [0.717, 1.165) is 28.6 Å². The molecule has 3 heterocycles. The molecule has 6 rings (SSSR count). The lowest BCUT2D eigenvalue weighted by atomic mass is 9.93. The maximum atomic E-state index is 14.1. The number of thiazole rings is 1. The van der Waals surface area contributed by atoms with Crippen LogP contribution in [0.25, 0.3) is 17.0 Å². The highest BCUT2D eigenvalue weighted by Gasteiger charge is 2.33. The van der Waals surface area contributed by atoms with Gasteiger partial charge in [-0.05, 0) is 48.6 Å². The summed E-state index contributed by atoms with van der Waals surface area (Å²) in [6.07, 6.45) is 4.06. The monoisotopic (exact) mass is 575 g/mol. The second-order valence-electron chi connectivity index (χ2n) is 10.8. The fourth-order valence-electron chi connectivity index (χ4n) is 5.61. The molecule has 7 heteroatoms. The van der Waals surface area contributed by atoms with E-state index in [0.29, 0.717) is 26.5 Å².